The second-order valence-electron chi connectivity index (χ2n) is 5.68. The Morgan fingerprint density at radius 2 is 1.80 bits per heavy atom. The van der Waals surface area contributed by atoms with Gasteiger partial charge in [0.25, 0.3) is 5.56 Å². The molecule has 0 saturated carbocycles. The van der Waals surface area contributed by atoms with Crippen LogP contribution in [-0.2, 0) is 11.2 Å². The number of Topliss-reactive ketones (excluding diaryl/α,β-unsaturated/α-hetero) is 1. The lowest BCUT2D eigenvalue weighted by atomic mass is 10.1. The number of H-pyrrole nitrogens is 1. The lowest BCUT2D eigenvalue weighted by Gasteiger charge is -2.09. The Morgan fingerprint density at radius 3 is 2.60 bits per heavy atom. The molecule has 2 N–H and O–H groups in total. The molecule has 0 aliphatic heterocycles. The Hall–Kier alpha value is -3.28. The van der Waals surface area contributed by atoms with Crippen LogP contribution in [0.5, 0.6) is 0 Å². The number of rotatable bonds is 5. The van der Waals surface area contributed by atoms with E-state index in [1.165, 1.54) is 6.92 Å². The number of nitrogens with zero attached hydrogens (tertiary/aromatic N) is 1. The summed E-state index contributed by atoms with van der Waals surface area (Å²) in [5.41, 5.74) is 1.33. The van der Waals surface area contributed by atoms with Gasteiger partial charge in [0.05, 0.1) is 16.6 Å². The lowest BCUT2D eigenvalue weighted by Crippen LogP contribution is -2.17. The van der Waals surface area contributed by atoms with E-state index in [1.54, 1.807) is 42.5 Å². The van der Waals surface area contributed by atoms with Crippen LogP contribution in [-0.4, -0.2) is 21.7 Å². The topological polar surface area (TPSA) is 91.9 Å². The minimum atomic E-state index is -0.246. The monoisotopic (exact) mass is 335 g/mol. The van der Waals surface area contributed by atoms with Gasteiger partial charge in [0.15, 0.2) is 5.78 Å². The Labute approximate surface area is 143 Å². The summed E-state index contributed by atoms with van der Waals surface area (Å²) in [4.78, 5) is 42.8. The number of aryl methyl sites for hydroxylation is 1. The summed E-state index contributed by atoms with van der Waals surface area (Å²) in [6.45, 7) is 1.45. The molecular weight excluding hydrogens is 318 g/mol. The molecule has 25 heavy (non-hydrogen) atoms. The van der Waals surface area contributed by atoms with E-state index in [2.05, 4.69) is 15.3 Å². The smallest absolute Gasteiger partial charge is 0.258 e. The second-order valence-corrected chi connectivity index (χ2v) is 5.68. The number of hydrogen-bond donors (Lipinski definition) is 2. The van der Waals surface area contributed by atoms with Crippen LogP contribution in [0.25, 0.3) is 10.9 Å². The molecule has 2 aromatic carbocycles. The number of aromatic amines is 1. The molecule has 3 rings (SSSR count). The van der Waals surface area contributed by atoms with Gasteiger partial charge in [-0.2, -0.15) is 0 Å². The molecule has 0 aliphatic rings. The van der Waals surface area contributed by atoms with Gasteiger partial charge in [0.1, 0.15) is 5.82 Å². The standard InChI is InChI=1S/C19H17N3O3/c1-12(23)13-6-2-4-8-15(13)21-18(24)11-10-17-20-16-9-5-3-7-14(16)19(25)22-17/h2-9H,10-11H2,1H3,(H,21,24)(H,20,22,25). The highest BCUT2D eigenvalue weighted by molar-refractivity contribution is 6.03. The van der Waals surface area contributed by atoms with Crippen LogP contribution in [0.4, 0.5) is 5.69 Å². The number of ketones is 1. The van der Waals surface area contributed by atoms with Gasteiger partial charge < -0.3 is 10.3 Å². The number of carbonyl (C=O) groups excluding carboxylic acids is 2. The number of hydrogen-bond acceptors (Lipinski definition) is 4. The zero-order valence-electron chi connectivity index (χ0n) is 13.7. The average molecular weight is 335 g/mol. The number of para-hydroxylation sites is 2. The maximum Gasteiger partial charge on any atom is 0.258 e. The van der Waals surface area contributed by atoms with Crippen molar-refractivity contribution in [2.45, 2.75) is 19.8 Å². The van der Waals surface area contributed by atoms with Crippen molar-refractivity contribution in [3.63, 3.8) is 0 Å². The molecule has 3 aromatic rings. The van der Waals surface area contributed by atoms with Gasteiger partial charge in [0, 0.05) is 18.4 Å². The first-order valence-electron chi connectivity index (χ1n) is 7.92. The van der Waals surface area contributed by atoms with E-state index in [9.17, 15) is 14.4 Å². The number of amides is 1. The molecule has 126 valence electrons. The van der Waals surface area contributed by atoms with Crippen molar-refractivity contribution in [2.75, 3.05) is 5.32 Å². The lowest BCUT2D eigenvalue weighted by molar-refractivity contribution is -0.116. The molecule has 1 heterocycles. The Balaban J connectivity index is 1.71. The van der Waals surface area contributed by atoms with E-state index in [0.29, 0.717) is 34.4 Å². The molecule has 6 heteroatoms. The maximum absolute atomic E-state index is 12.2. The number of benzene rings is 2. The van der Waals surface area contributed by atoms with Crippen LogP contribution in [0, 0.1) is 0 Å². The Morgan fingerprint density at radius 1 is 1.08 bits per heavy atom. The molecular formula is C19H17N3O3. The number of carbonyl (C=O) groups is 2. The van der Waals surface area contributed by atoms with Gasteiger partial charge in [-0.3, -0.25) is 14.4 Å². The second kappa shape index (κ2) is 7.09. The quantitative estimate of drug-likeness (QED) is 0.701. The minimum Gasteiger partial charge on any atom is -0.325 e. The van der Waals surface area contributed by atoms with Crippen LogP contribution in [0.15, 0.2) is 53.3 Å². The number of fused-ring (bicyclic) bond motifs is 1. The van der Waals surface area contributed by atoms with Crippen LogP contribution in [0.1, 0.15) is 29.5 Å². The molecule has 1 aromatic heterocycles. The van der Waals surface area contributed by atoms with E-state index < -0.39 is 0 Å². The highest BCUT2D eigenvalue weighted by Gasteiger charge is 2.11. The Bertz CT molecular complexity index is 1010. The maximum atomic E-state index is 12.2. The van der Waals surface area contributed by atoms with Gasteiger partial charge in [-0.1, -0.05) is 24.3 Å². The first kappa shape index (κ1) is 16.6. The summed E-state index contributed by atoms with van der Waals surface area (Å²) in [5, 5.41) is 3.25. The minimum absolute atomic E-state index is 0.114. The first-order valence-corrected chi connectivity index (χ1v) is 7.92. The predicted molar refractivity (Wildman–Crippen MR) is 95.8 cm³/mol. The van der Waals surface area contributed by atoms with Gasteiger partial charge >= 0.3 is 0 Å². The molecule has 0 spiro atoms. The first-order chi connectivity index (χ1) is 12.0. The third kappa shape index (κ3) is 3.80. The summed E-state index contributed by atoms with van der Waals surface area (Å²) in [7, 11) is 0. The molecule has 0 bridgehead atoms. The van der Waals surface area contributed by atoms with Crippen molar-refractivity contribution in [3.05, 3.63) is 70.3 Å². The molecule has 0 fully saturated rings. The third-order valence-corrected chi connectivity index (χ3v) is 3.83. The molecule has 6 nitrogen and oxygen atoms in total. The van der Waals surface area contributed by atoms with E-state index in [1.807, 2.05) is 6.07 Å². The number of aromatic nitrogens is 2. The van der Waals surface area contributed by atoms with Crippen molar-refractivity contribution in [2.24, 2.45) is 0 Å². The molecule has 1 amide bonds. The summed E-state index contributed by atoms with van der Waals surface area (Å²) in [6, 6.07) is 13.9. The zero-order chi connectivity index (χ0) is 17.8. The number of anilines is 1. The highest BCUT2D eigenvalue weighted by Crippen LogP contribution is 2.16. The zero-order valence-corrected chi connectivity index (χ0v) is 13.7. The van der Waals surface area contributed by atoms with Crippen molar-refractivity contribution in [3.8, 4) is 0 Å². The summed E-state index contributed by atoms with van der Waals surface area (Å²) in [6.07, 6.45) is 0.446. The molecule has 0 atom stereocenters. The van der Waals surface area contributed by atoms with E-state index in [0.717, 1.165) is 0 Å². The fourth-order valence-corrected chi connectivity index (χ4v) is 2.60. The fourth-order valence-electron chi connectivity index (χ4n) is 2.60. The Kier molecular flexibility index (Phi) is 4.70. The SMILES string of the molecule is CC(=O)c1ccccc1NC(=O)CCc1nc2ccccc2c(=O)[nH]1. The van der Waals surface area contributed by atoms with Crippen molar-refractivity contribution >= 4 is 28.3 Å². The average Bonchev–Trinajstić information content (AvgIpc) is 2.60. The number of nitrogens with one attached hydrogen (secondary N) is 2. The normalized spacial score (nSPS) is 10.6. The highest BCUT2D eigenvalue weighted by atomic mass is 16.2. The molecule has 0 radical (unpaired) electrons. The summed E-state index contributed by atoms with van der Waals surface area (Å²) in [5.74, 6) is 0.0969. The third-order valence-electron chi connectivity index (χ3n) is 3.83. The van der Waals surface area contributed by atoms with Crippen molar-refractivity contribution in [1.29, 1.82) is 0 Å². The van der Waals surface area contributed by atoms with Crippen LogP contribution < -0.4 is 10.9 Å². The van der Waals surface area contributed by atoms with Crippen LogP contribution in [0.2, 0.25) is 0 Å². The largest absolute Gasteiger partial charge is 0.325 e. The predicted octanol–water partition coefficient (Wildman–Crippen LogP) is 2.70. The van der Waals surface area contributed by atoms with Crippen LogP contribution in [0.3, 0.4) is 0 Å². The molecule has 0 aliphatic carbocycles. The van der Waals surface area contributed by atoms with Gasteiger partial charge in [-0.25, -0.2) is 4.98 Å². The van der Waals surface area contributed by atoms with E-state index in [4.69, 9.17) is 0 Å². The summed E-state index contributed by atoms with van der Waals surface area (Å²) >= 11 is 0. The van der Waals surface area contributed by atoms with Gasteiger partial charge in [-0.05, 0) is 31.2 Å². The molecule has 0 unspecified atom stereocenters. The summed E-state index contributed by atoms with van der Waals surface area (Å²) < 4.78 is 0. The molecule has 0 saturated heterocycles. The van der Waals surface area contributed by atoms with E-state index in [-0.39, 0.29) is 23.7 Å². The van der Waals surface area contributed by atoms with E-state index >= 15 is 0 Å². The van der Waals surface area contributed by atoms with Crippen molar-refractivity contribution < 1.29 is 9.59 Å². The van der Waals surface area contributed by atoms with Crippen molar-refractivity contribution in [1.82, 2.24) is 9.97 Å². The van der Waals surface area contributed by atoms with Crippen LogP contribution >= 0.6 is 0 Å². The fraction of sp³-hybridized carbons (Fsp3) is 0.158. The van der Waals surface area contributed by atoms with Gasteiger partial charge in [0.2, 0.25) is 5.91 Å². The van der Waals surface area contributed by atoms with Gasteiger partial charge in [-0.15, -0.1) is 0 Å².